The summed E-state index contributed by atoms with van der Waals surface area (Å²) in [6.07, 6.45) is 0.653. The van der Waals surface area contributed by atoms with Crippen LogP contribution in [0.5, 0.6) is 5.75 Å². The Kier molecular flexibility index (Phi) is 8.27. The molecule has 1 aliphatic heterocycles. The summed E-state index contributed by atoms with van der Waals surface area (Å²) in [5.41, 5.74) is 1.70. The SMILES string of the molecule is COc1ccc(CN2CCN(Cc3ccc(C#CC(C)(C)O)cc3)C[C@H]2CCO)c(F)c1. The number of hydrogen-bond donors (Lipinski definition) is 2. The monoisotopic (exact) mass is 440 g/mol. The highest BCUT2D eigenvalue weighted by molar-refractivity contribution is 5.37. The summed E-state index contributed by atoms with van der Waals surface area (Å²) in [7, 11) is 1.53. The second-order valence-corrected chi connectivity index (χ2v) is 8.83. The lowest BCUT2D eigenvalue weighted by atomic mass is 10.0. The van der Waals surface area contributed by atoms with Crippen LogP contribution in [0.2, 0.25) is 0 Å². The van der Waals surface area contributed by atoms with Gasteiger partial charge in [-0.1, -0.05) is 30.0 Å². The maximum absolute atomic E-state index is 14.4. The third-order valence-corrected chi connectivity index (χ3v) is 5.66. The van der Waals surface area contributed by atoms with Gasteiger partial charge in [-0.3, -0.25) is 9.80 Å². The average molecular weight is 441 g/mol. The Morgan fingerprint density at radius 3 is 2.50 bits per heavy atom. The highest BCUT2D eigenvalue weighted by atomic mass is 19.1. The van der Waals surface area contributed by atoms with Crippen LogP contribution < -0.4 is 4.74 Å². The van der Waals surface area contributed by atoms with E-state index in [4.69, 9.17) is 4.74 Å². The van der Waals surface area contributed by atoms with Crippen molar-refractivity contribution in [3.63, 3.8) is 0 Å². The molecule has 0 amide bonds. The molecular weight excluding hydrogens is 407 g/mol. The first-order valence-corrected chi connectivity index (χ1v) is 11.0. The number of hydrogen-bond acceptors (Lipinski definition) is 5. The third kappa shape index (κ3) is 7.04. The minimum absolute atomic E-state index is 0.106. The van der Waals surface area contributed by atoms with Crippen LogP contribution >= 0.6 is 0 Å². The normalized spacial score (nSPS) is 17.6. The minimum atomic E-state index is -1.01. The fourth-order valence-electron chi connectivity index (χ4n) is 3.91. The van der Waals surface area contributed by atoms with Gasteiger partial charge in [-0.05, 0) is 44.0 Å². The molecule has 0 aromatic heterocycles. The van der Waals surface area contributed by atoms with Crippen LogP contribution in [0.3, 0.4) is 0 Å². The molecule has 0 radical (unpaired) electrons. The number of piperazine rings is 1. The fourth-order valence-corrected chi connectivity index (χ4v) is 3.91. The number of ether oxygens (including phenoxy) is 1. The molecule has 5 nitrogen and oxygen atoms in total. The Labute approximate surface area is 190 Å². The van der Waals surface area contributed by atoms with Gasteiger partial charge >= 0.3 is 0 Å². The van der Waals surface area contributed by atoms with Gasteiger partial charge in [0, 0.05) is 62.6 Å². The van der Waals surface area contributed by atoms with Crippen molar-refractivity contribution < 1.29 is 19.3 Å². The molecule has 6 heteroatoms. The fraction of sp³-hybridized carbons (Fsp3) is 0.462. The number of rotatable bonds is 7. The highest BCUT2D eigenvalue weighted by Gasteiger charge is 2.27. The van der Waals surface area contributed by atoms with Crippen LogP contribution in [0.1, 0.15) is 37.0 Å². The maximum atomic E-state index is 14.4. The largest absolute Gasteiger partial charge is 0.497 e. The number of aliphatic hydroxyl groups is 2. The minimum Gasteiger partial charge on any atom is -0.497 e. The third-order valence-electron chi connectivity index (χ3n) is 5.66. The summed E-state index contributed by atoms with van der Waals surface area (Å²) in [4.78, 5) is 4.63. The van der Waals surface area contributed by atoms with Crippen molar-refractivity contribution in [3.8, 4) is 17.6 Å². The highest BCUT2D eigenvalue weighted by Crippen LogP contribution is 2.22. The Hall–Kier alpha value is -2.43. The molecule has 1 aliphatic rings. The van der Waals surface area contributed by atoms with E-state index in [-0.39, 0.29) is 18.5 Å². The lowest BCUT2D eigenvalue weighted by Gasteiger charge is -2.41. The van der Waals surface area contributed by atoms with Crippen molar-refractivity contribution in [2.75, 3.05) is 33.4 Å². The maximum Gasteiger partial charge on any atom is 0.131 e. The topological polar surface area (TPSA) is 56.2 Å². The Bertz CT molecular complexity index is 944. The summed E-state index contributed by atoms with van der Waals surface area (Å²) in [6.45, 7) is 7.27. The smallest absolute Gasteiger partial charge is 0.131 e. The van der Waals surface area contributed by atoms with Crippen LogP contribution in [0.4, 0.5) is 4.39 Å². The second-order valence-electron chi connectivity index (χ2n) is 8.83. The van der Waals surface area contributed by atoms with E-state index in [0.717, 1.165) is 31.7 Å². The van der Waals surface area contributed by atoms with Gasteiger partial charge in [0.25, 0.3) is 0 Å². The van der Waals surface area contributed by atoms with E-state index in [1.54, 1.807) is 26.0 Å². The Morgan fingerprint density at radius 1 is 1.12 bits per heavy atom. The molecule has 0 spiro atoms. The molecule has 0 aliphatic carbocycles. The summed E-state index contributed by atoms with van der Waals surface area (Å²) in [5, 5.41) is 19.3. The number of benzene rings is 2. The Balaban J connectivity index is 1.61. The van der Waals surface area contributed by atoms with E-state index < -0.39 is 5.60 Å². The van der Waals surface area contributed by atoms with Crippen LogP contribution in [0.15, 0.2) is 42.5 Å². The number of halogens is 1. The van der Waals surface area contributed by atoms with Crippen LogP contribution in [-0.2, 0) is 13.1 Å². The molecule has 1 fully saturated rings. The lowest BCUT2D eigenvalue weighted by molar-refractivity contribution is 0.0493. The summed E-state index contributed by atoms with van der Waals surface area (Å²) >= 11 is 0. The summed E-state index contributed by atoms with van der Waals surface area (Å²) in [5.74, 6) is 6.07. The van der Waals surface area contributed by atoms with Crippen molar-refractivity contribution in [2.24, 2.45) is 0 Å². The molecule has 0 bridgehead atoms. The summed E-state index contributed by atoms with van der Waals surface area (Å²) < 4.78 is 19.5. The number of aliphatic hydroxyl groups excluding tert-OH is 1. The van der Waals surface area contributed by atoms with E-state index in [2.05, 4.69) is 33.8 Å². The van der Waals surface area contributed by atoms with Gasteiger partial charge < -0.3 is 14.9 Å². The zero-order valence-electron chi connectivity index (χ0n) is 19.1. The van der Waals surface area contributed by atoms with E-state index in [1.807, 2.05) is 12.1 Å². The first-order chi connectivity index (χ1) is 15.3. The van der Waals surface area contributed by atoms with Crippen LogP contribution in [0, 0.1) is 17.7 Å². The van der Waals surface area contributed by atoms with Crippen molar-refractivity contribution in [3.05, 3.63) is 65.0 Å². The van der Waals surface area contributed by atoms with Crippen molar-refractivity contribution in [1.82, 2.24) is 9.80 Å². The van der Waals surface area contributed by atoms with Crippen molar-refractivity contribution in [1.29, 1.82) is 0 Å². The molecule has 3 rings (SSSR count). The lowest BCUT2D eigenvalue weighted by Crippen LogP contribution is -2.52. The van der Waals surface area contributed by atoms with Gasteiger partial charge in [-0.2, -0.15) is 0 Å². The Morgan fingerprint density at radius 2 is 1.88 bits per heavy atom. The summed E-state index contributed by atoms with van der Waals surface area (Å²) in [6, 6.07) is 13.2. The zero-order valence-corrected chi connectivity index (χ0v) is 19.1. The quantitative estimate of drug-likeness (QED) is 0.649. The molecule has 2 aromatic rings. The second kappa shape index (κ2) is 10.9. The van der Waals surface area contributed by atoms with Gasteiger partial charge in [-0.25, -0.2) is 4.39 Å². The van der Waals surface area contributed by atoms with Gasteiger partial charge in [0.2, 0.25) is 0 Å². The van der Waals surface area contributed by atoms with Gasteiger partial charge in [0.05, 0.1) is 7.11 Å². The van der Waals surface area contributed by atoms with E-state index in [0.29, 0.717) is 24.3 Å². The predicted molar refractivity (Wildman–Crippen MR) is 124 cm³/mol. The zero-order chi connectivity index (χ0) is 23.1. The van der Waals surface area contributed by atoms with E-state index in [9.17, 15) is 14.6 Å². The van der Waals surface area contributed by atoms with Gasteiger partial charge in [-0.15, -0.1) is 0 Å². The van der Waals surface area contributed by atoms with Crippen LogP contribution in [-0.4, -0.2) is 65.0 Å². The van der Waals surface area contributed by atoms with Gasteiger partial charge in [0.15, 0.2) is 0 Å². The molecule has 172 valence electrons. The average Bonchev–Trinajstić information content (AvgIpc) is 2.76. The standard InChI is InChI=1S/C26H33FN2O3/c1-26(2,31)12-10-20-4-6-21(7-5-20)17-28-13-14-29(23(19-28)11-15-30)18-22-8-9-24(32-3)16-25(22)27/h4-9,16,23,30-31H,11,13-15,17-19H2,1-3H3/t23-/m1/s1. The molecule has 2 N–H and O–H groups in total. The van der Waals surface area contributed by atoms with E-state index in [1.165, 1.54) is 18.7 Å². The van der Waals surface area contributed by atoms with E-state index >= 15 is 0 Å². The molecule has 1 saturated heterocycles. The molecule has 32 heavy (non-hydrogen) atoms. The molecule has 0 saturated carbocycles. The number of methoxy groups -OCH3 is 1. The van der Waals surface area contributed by atoms with Crippen molar-refractivity contribution >= 4 is 0 Å². The first-order valence-electron chi connectivity index (χ1n) is 11.0. The molecule has 1 heterocycles. The van der Waals surface area contributed by atoms with Crippen LogP contribution in [0.25, 0.3) is 0 Å². The van der Waals surface area contributed by atoms with Gasteiger partial charge in [0.1, 0.15) is 17.2 Å². The van der Waals surface area contributed by atoms with Crippen molar-refractivity contribution in [2.45, 2.75) is 45.0 Å². The molecule has 0 unspecified atom stereocenters. The molecular formula is C26H33FN2O3. The first kappa shape index (κ1) is 24.2. The predicted octanol–water partition coefficient (Wildman–Crippen LogP) is 3.03. The molecule has 1 atom stereocenters. The molecule has 2 aromatic carbocycles. The number of nitrogens with zero attached hydrogens (tertiary/aromatic N) is 2.